The van der Waals surface area contributed by atoms with Gasteiger partial charge in [-0.15, -0.1) is 0 Å². The van der Waals surface area contributed by atoms with Crippen LogP contribution >= 0.6 is 0 Å². The highest BCUT2D eigenvalue weighted by Gasteiger charge is 2.15. The second-order valence-electron chi connectivity index (χ2n) is 8.02. The van der Waals surface area contributed by atoms with Gasteiger partial charge in [-0.25, -0.2) is 19.6 Å². The van der Waals surface area contributed by atoms with Gasteiger partial charge in [0.25, 0.3) is 5.91 Å². The summed E-state index contributed by atoms with van der Waals surface area (Å²) in [5.41, 5.74) is 3.25. The molecule has 0 saturated carbocycles. The lowest BCUT2D eigenvalue weighted by Crippen LogP contribution is -2.24. The van der Waals surface area contributed by atoms with Crippen LogP contribution in [-0.2, 0) is 4.79 Å². The smallest absolute Gasteiger partial charge is 0.255 e. The van der Waals surface area contributed by atoms with Crippen LogP contribution in [0.1, 0.15) is 23.3 Å². The lowest BCUT2D eigenvalue weighted by atomic mass is 10.1. The number of nitrogens with zero attached hydrogens (tertiary/aromatic N) is 5. The van der Waals surface area contributed by atoms with Gasteiger partial charge in [0.2, 0.25) is 5.91 Å². The van der Waals surface area contributed by atoms with Crippen LogP contribution in [0.5, 0.6) is 0 Å². The number of aromatic nitrogens is 5. The Balaban J connectivity index is 1.23. The highest BCUT2D eigenvalue weighted by molar-refractivity contribution is 6.05. The Morgan fingerprint density at radius 1 is 0.833 bits per heavy atom. The van der Waals surface area contributed by atoms with E-state index in [9.17, 15) is 9.59 Å². The molecule has 5 aromatic rings. The van der Waals surface area contributed by atoms with Crippen LogP contribution in [0.25, 0.3) is 10.9 Å². The van der Waals surface area contributed by atoms with Crippen molar-refractivity contribution in [2.45, 2.75) is 13.0 Å². The largest absolute Gasteiger partial charge is 0.340 e. The molecule has 2 heterocycles. The molecule has 178 valence electrons. The van der Waals surface area contributed by atoms with Gasteiger partial charge >= 0.3 is 0 Å². The third-order valence-electron chi connectivity index (χ3n) is 5.55. The second-order valence-corrected chi connectivity index (χ2v) is 8.02. The van der Waals surface area contributed by atoms with E-state index in [2.05, 4.69) is 36.0 Å². The quantitative estimate of drug-likeness (QED) is 0.316. The van der Waals surface area contributed by atoms with E-state index in [4.69, 9.17) is 0 Å². The monoisotopic (exact) mass is 478 g/mol. The molecule has 1 atom stereocenters. The molecule has 2 aromatic heterocycles. The summed E-state index contributed by atoms with van der Waals surface area (Å²) in [6, 6.07) is 21.2. The molecule has 0 bridgehead atoms. The van der Waals surface area contributed by atoms with Crippen molar-refractivity contribution in [3.8, 4) is 0 Å². The number of para-hydroxylation sites is 1. The van der Waals surface area contributed by atoms with Crippen molar-refractivity contribution in [3.05, 3.63) is 97.3 Å². The summed E-state index contributed by atoms with van der Waals surface area (Å²) in [7, 11) is 0. The number of anilines is 4. The standard InChI is InChI=1S/C26H22N8O2/c1-17(34-16-27-14-30-34)25(35)32-19-9-11-20(12-10-19)33-26(36)18-5-4-6-21(13-18)31-24-22-7-2-3-8-23(22)28-15-29-24/h2-17H,1H3,(H,32,35)(H,33,36)(H,28,29,31). The number of carbonyl (C=O) groups is 2. The number of amides is 2. The first kappa shape index (κ1) is 22.7. The number of hydrogen-bond acceptors (Lipinski definition) is 7. The molecule has 0 spiro atoms. The maximum absolute atomic E-state index is 12.9. The molecule has 0 saturated heterocycles. The summed E-state index contributed by atoms with van der Waals surface area (Å²) in [5.74, 6) is 0.176. The lowest BCUT2D eigenvalue weighted by molar-refractivity contribution is -0.119. The first-order chi connectivity index (χ1) is 17.6. The summed E-state index contributed by atoms with van der Waals surface area (Å²) in [6.45, 7) is 1.73. The summed E-state index contributed by atoms with van der Waals surface area (Å²) < 4.78 is 1.47. The number of benzene rings is 3. The Bertz CT molecular complexity index is 1510. The molecule has 0 aliphatic carbocycles. The number of rotatable bonds is 7. The maximum Gasteiger partial charge on any atom is 0.255 e. The highest BCUT2D eigenvalue weighted by atomic mass is 16.2. The number of nitrogens with one attached hydrogen (secondary N) is 3. The van der Waals surface area contributed by atoms with Crippen LogP contribution in [-0.4, -0.2) is 36.5 Å². The van der Waals surface area contributed by atoms with Crippen LogP contribution in [0.3, 0.4) is 0 Å². The lowest BCUT2D eigenvalue weighted by Gasteiger charge is -2.13. The Labute approximate surface area is 206 Å². The molecule has 3 N–H and O–H groups in total. The Hall–Kier alpha value is -5.12. The number of carbonyl (C=O) groups excluding carboxylic acids is 2. The molecule has 0 aliphatic rings. The van der Waals surface area contributed by atoms with Crippen molar-refractivity contribution in [3.63, 3.8) is 0 Å². The van der Waals surface area contributed by atoms with Gasteiger partial charge < -0.3 is 16.0 Å². The number of hydrogen-bond donors (Lipinski definition) is 3. The minimum atomic E-state index is -0.506. The van der Waals surface area contributed by atoms with E-state index in [0.717, 1.165) is 16.6 Å². The van der Waals surface area contributed by atoms with E-state index >= 15 is 0 Å². The van der Waals surface area contributed by atoms with Crippen LogP contribution in [0.4, 0.5) is 22.9 Å². The fourth-order valence-electron chi connectivity index (χ4n) is 3.60. The van der Waals surface area contributed by atoms with Gasteiger partial charge in [0.1, 0.15) is 30.8 Å². The van der Waals surface area contributed by atoms with Gasteiger partial charge in [-0.3, -0.25) is 9.59 Å². The fraction of sp³-hybridized carbons (Fsp3) is 0.0769. The SMILES string of the molecule is CC(C(=O)Nc1ccc(NC(=O)c2cccc(Nc3ncnc4ccccc34)c2)cc1)n1cncn1. The van der Waals surface area contributed by atoms with Crippen molar-refractivity contribution in [2.24, 2.45) is 0 Å². The predicted octanol–water partition coefficient (Wildman–Crippen LogP) is 4.42. The first-order valence-corrected chi connectivity index (χ1v) is 11.2. The van der Waals surface area contributed by atoms with Gasteiger partial charge in [-0.05, 0) is 61.5 Å². The molecule has 2 amide bonds. The molecular weight excluding hydrogens is 456 g/mol. The average Bonchev–Trinajstić information content (AvgIpc) is 3.45. The molecule has 1 unspecified atom stereocenters. The Kier molecular flexibility index (Phi) is 6.31. The summed E-state index contributed by atoms with van der Waals surface area (Å²) in [5, 5.41) is 13.8. The van der Waals surface area contributed by atoms with E-state index in [-0.39, 0.29) is 11.8 Å². The maximum atomic E-state index is 12.9. The average molecular weight is 479 g/mol. The molecule has 3 aromatic carbocycles. The van der Waals surface area contributed by atoms with E-state index in [0.29, 0.717) is 22.8 Å². The van der Waals surface area contributed by atoms with Crippen molar-refractivity contribution >= 4 is 45.6 Å². The molecule has 0 fully saturated rings. The molecule has 0 radical (unpaired) electrons. The first-order valence-electron chi connectivity index (χ1n) is 11.2. The van der Waals surface area contributed by atoms with Crippen LogP contribution in [0.2, 0.25) is 0 Å². The fourth-order valence-corrected chi connectivity index (χ4v) is 3.60. The normalized spacial score (nSPS) is 11.6. The van der Waals surface area contributed by atoms with E-state index in [1.807, 2.05) is 30.3 Å². The molecule has 0 aliphatic heterocycles. The van der Waals surface area contributed by atoms with Crippen molar-refractivity contribution < 1.29 is 9.59 Å². The van der Waals surface area contributed by atoms with E-state index < -0.39 is 6.04 Å². The molecule has 10 heteroatoms. The van der Waals surface area contributed by atoms with Crippen molar-refractivity contribution in [1.29, 1.82) is 0 Å². The zero-order chi connectivity index (χ0) is 24.9. The Morgan fingerprint density at radius 3 is 2.39 bits per heavy atom. The second kappa shape index (κ2) is 10.0. The van der Waals surface area contributed by atoms with Gasteiger partial charge in [0.15, 0.2) is 0 Å². The summed E-state index contributed by atoms with van der Waals surface area (Å²) in [4.78, 5) is 37.7. The minimum Gasteiger partial charge on any atom is -0.340 e. The zero-order valence-corrected chi connectivity index (χ0v) is 19.3. The van der Waals surface area contributed by atoms with Crippen molar-refractivity contribution in [2.75, 3.05) is 16.0 Å². The van der Waals surface area contributed by atoms with Crippen LogP contribution in [0.15, 0.2) is 91.8 Å². The topological polar surface area (TPSA) is 127 Å². The third kappa shape index (κ3) is 5.02. The molecule has 10 nitrogen and oxygen atoms in total. The zero-order valence-electron chi connectivity index (χ0n) is 19.3. The van der Waals surface area contributed by atoms with E-state index in [1.54, 1.807) is 49.4 Å². The van der Waals surface area contributed by atoms with Gasteiger partial charge in [-0.1, -0.05) is 18.2 Å². The van der Waals surface area contributed by atoms with Crippen molar-refractivity contribution in [1.82, 2.24) is 24.7 Å². The van der Waals surface area contributed by atoms with E-state index in [1.165, 1.54) is 23.7 Å². The summed E-state index contributed by atoms with van der Waals surface area (Å²) >= 11 is 0. The molecular formula is C26H22N8O2. The van der Waals surface area contributed by atoms with Crippen LogP contribution in [0, 0.1) is 0 Å². The summed E-state index contributed by atoms with van der Waals surface area (Å²) in [6.07, 6.45) is 4.37. The van der Waals surface area contributed by atoms with Gasteiger partial charge in [0, 0.05) is 28.0 Å². The van der Waals surface area contributed by atoms with Gasteiger partial charge in [-0.2, -0.15) is 5.10 Å². The molecule has 36 heavy (non-hydrogen) atoms. The third-order valence-corrected chi connectivity index (χ3v) is 5.55. The van der Waals surface area contributed by atoms with Gasteiger partial charge in [0.05, 0.1) is 5.52 Å². The molecule has 5 rings (SSSR count). The minimum absolute atomic E-state index is 0.224. The number of fused-ring (bicyclic) bond motifs is 1. The predicted molar refractivity (Wildman–Crippen MR) is 137 cm³/mol. The highest BCUT2D eigenvalue weighted by Crippen LogP contribution is 2.24. The Morgan fingerprint density at radius 2 is 1.61 bits per heavy atom. The van der Waals surface area contributed by atoms with Crippen LogP contribution < -0.4 is 16.0 Å².